The molecular weight excluding hydrogens is 360 g/mol. The molecule has 2 aromatic rings. The van der Waals surface area contributed by atoms with Gasteiger partial charge in [-0.3, -0.25) is 4.79 Å². The maximum absolute atomic E-state index is 12.5. The van der Waals surface area contributed by atoms with Crippen LogP contribution in [0.5, 0.6) is 5.75 Å². The highest BCUT2D eigenvalue weighted by atomic mass is 35.5. The number of hydrogen-bond acceptors (Lipinski definition) is 6. The maximum Gasteiger partial charge on any atom is 0.336 e. The lowest BCUT2D eigenvalue weighted by molar-refractivity contribution is -0.168. The number of carbonyl (C=O) groups excluding carboxylic acids is 2. The highest BCUT2D eigenvalue weighted by Gasteiger charge is 2.49. The van der Waals surface area contributed by atoms with Gasteiger partial charge < -0.3 is 19.9 Å². The molecule has 2 heterocycles. The molecule has 1 aromatic heterocycles. The van der Waals surface area contributed by atoms with Crippen LogP contribution in [-0.2, 0) is 14.3 Å². The Hall–Kier alpha value is -2.64. The van der Waals surface area contributed by atoms with Crippen LogP contribution in [0.3, 0.4) is 0 Å². The Kier molecular flexibility index (Phi) is 4.84. The summed E-state index contributed by atoms with van der Waals surface area (Å²) in [7, 11) is 1.23. The number of aromatic nitrogens is 1. The average Bonchev–Trinajstić information content (AvgIpc) is 2.59. The monoisotopic (exact) mass is 376 g/mol. The fourth-order valence-corrected chi connectivity index (χ4v) is 2.91. The van der Waals surface area contributed by atoms with Crippen LogP contribution >= 0.6 is 11.6 Å². The number of amides is 1. The number of hydrogen-bond donors (Lipinski definition) is 2. The Bertz CT molecular complexity index is 880. The molecule has 0 bridgehead atoms. The van der Waals surface area contributed by atoms with Crippen molar-refractivity contribution in [2.75, 3.05) is 20.3 Å². The van der Waals surface area contributed by atoms with Crippen molar-refractivity contribution in [2.45, 2.75) is 12.5 Å². The van der Waals surface area contributed by atoms with Gasteiger partial charge in [0.2, 0.25) is 0 Å². The molecule has 1 amide bonds. The number of benzene rings is 1. The normalized spacial score (nSPS) is 15.0. The molecule has 1 aliphatic rings. The topological polar surface area (TPSA) is 97.8 Å². The third-order valence-corrected chi connectivity index (χ3v) is 4.52. The third kappa shape index (κ3) is 3.11. The van der Waals surface area contributed by atoms with Crippen LogP contribution in [0.1, 0.15) is 16.1 Å². The number of rotatable bonds is 4. The molecule has 1 aliphatic heterocycles. The van der Waals surface area contributed by atoms with Crippen molar-refractivity contribution in [3.05, 3.63) is 46.7 Å². The molecule has 0 atom stereocenters. The second-order valence-corrected chi connectivity index (χ2v) is 6.46. The summed E-state index contributed by atoms with van der Waals surface area (Å²) in [5.41, 5.74) is 0.465. The molecule has 136 valence electrons. The van der Waals surface area contributed by atoms with E-state index in [9.17, 15) is 14.7 Å². The summed E-state index contributed by atoms with van der Waals surface area (Å²) in [6, 6.07) is 7.09. The molecule has 0 saturated carbocycles. The van der Waals surface area contributed by atoms with Gasteiger partial charge in [-0.05, 0) is 24.6 Å². The predicted octanol–water partition coefficient (Wildman–Crippen LogP) is 2.09. The van der Waals surface area contributed by atoms with Crippen molar-refractivity contribution in [1.29, 1.82) is 0 Å². The third-order valence-electron chi connectivity index (χ3n) is 4.28. The maximum atomic E-state index is 12.5. The zero-order valence-electron chi connectivity index (χ0n) is 14.2. The van der Waals surface area contributed by atoms with Crippen LogP contribution in [-0.4, -0.2) is 47.8 Å². The molecular formula is C18H17ClN2O5. The zero-order chi connectivity index (χ0) is 18.9. The van der Waals surface area contributed by atoms with Gasteiger partial charge in [-0.1, -0.05) is 23.7 Å². The van der Waals surface area contributed by atoms with Gasteiger partial charge in [-0.25, -0.2) is 9.78 Å². The Labute approximate surface area is 154 Å². The van der Waals surface area contributed by atoms with Crippen molar-refractivity contribution in [3.63, 3.8) is 0 Å². The van der Waals surface area contributed by atoms with E-state index < -0.39 is 17.4 Å². The van der Waals surface area contributed by atoms with Gasteiger partial charge >= 0.3 is 5.97 Å². The molecule has 26 heavy (non-hydrogen) atoms. The SMILES string of the molecule is COC(=O)C1(NC(=O)c2ncc(-c3cccc(Cl)c3)c(C)c2O)COC1. The largest absolute Gasteiger partial charge is 0.505 e. The lowest BCUT2D eigenvalue weighted by Gasteiger charge is -2.38. The fraction of sp³-hybridized carbons (Fsp3) is 0.278. The van der Waals surface area contributed by atoms with Gasteiger partial charge in [0.05, 0.1) is 20.3 Å². The fourth-order valence-electron chi connectivity index (χ4n) is 2.72. The molecule has 2 N–H and O–H groups in total. The van der Waals surface area contributed by atoms with E-state index in [2.05, 4.69) is 10.3 Å². The molecule has 8 heteroatoms. The quantitative estimate of drug-likeness (QED) is 0.793. The van der Waals surface area contributed by atoms with E-state index in [-0.39, 0.29) is 24.7 Å². The lowest BCUT2D eigenvalue weighted by Crippen LogP contribution is -2.67. The molecule has 0 radical (unpaired) electrons. The number of esters is 1. The molecule has 3 rings (SSSR count). The standard InChI is InChI=1S/C18H17ClN2O5/c1-10-13(11-4-3-5-12(19)6-11)7-20-14(15(10)22)16(23)21-18(8-26-9-18)17(24)25-2/h3-7,22H,8-9H2,1-2H3,(H,21,23). The second kappa shape index (κ2) is 6.93. The van der Waals surface area contributed by atoms with Gasteiger partial charge in [0.25, 0.3) is 5.91 Å². The van der Waals surface area contributed by atoms with E-state index in [1.807, 2.05) is 6.07 Å². The summed E-state index contributed by atoms with van der Waals surface area (Å²) in [6.07, 6.45) is 1.48. The van der Waals surface area contributed by atoms with E-state index in [1.165, 1.54) is 13.3 Å². The van der Waals surface area contributed by atoms with Gasteiger partial charge in [0, 0.05) is 22.3 Å². The smallest absolute Gasteiger partial charge is 0.336 e. The van der Waals surface area contributed by atoms with E-state index >= 15 is 0 Å². The lowest BCUT2D eigenvalue weighted by atomic mass is 9.96. The number of pyridine rings is 1. The Morgan fingerprint density at radius 1 is 1.38 bits per heavy atom. The van der Waals surface area contributed by atoms with Crippen LogP contribution in [0.15, 0.2) is 30.5 Å². The number of ether oxygens (including phenoxy) is 2. The van der Waals surface area contributed by atoms with Crippen molar-refractivity contribution < 1.29 is 24.2 Å². The first-order valence-corrected chi connectivity index (χ1v) is 8.19. The van der Waals surface area contributed by atoms with Crippen molar-refractivity contribution in [3.8, 4) is 16.9 Å². The molecule has 0 unspecified atom stereocenters. The van der Waals surface area contributed by atoms with Crippen molar-refractivity contribution in [2.24, 2.45) is 0 Å². The van der Waals surface area contributed by atoms with E-state index in [1.54, 1.807) is 25.1 Å². The number of nitrogens with one attached hydrogen (secondary N) is 1. The molecule has 0 aliphatic carbocycles. The van der Waals surface area contributed by atoms with Gasteiger partial charge in [-0.15, -0.1) is 0 Å². The molecule has 7 nitrogen and oxygen atoms in total. The molecule has 1 fully saturated rings. The summed E-state index contributed by atoms with van der Waals surface area (Å²) in [5, 5.41) is 13.6. The highest BCUT2D eigenvalue weighted by molar-refractivity contribution is 6.30. The van der Waals surface area contributed by atoms with Crippen LogP contribution in [0.4, 0.5) is 0 Å². The number of halogens is 1. The Morgan fingerprint density at radius 3 is 2.69 bits per heavy atom. The summed E-state index contributed by atoms with van der Waals surface area (Å²) >= 11 is 6.00. The van der Waals surface area contributed by atoms with Crippen molar-refractivity contribution >= 4 is 23.5 Å². The van der Waals surface area contributed by atoms with Gasteiger partial charge in [-0.2, -0.15) is 0 Å². The van der Waals surface area contributed by atoms with Crippen LogP contribution in [0, 0.1) is 6.92 Å². The van der Waals surface area contributed by atoms with Gasteiger partial charge in [0.15, 0.2) is 11.2 Å². The van der Waals surface area contributed by atoms with Crippen LogP contribution in [0.2, 0.25) is 5.02 Å². The molecule has 1 aromatic carbocycles. The van der Waals surface area contributed by atoms with Gasteiger partial charge in [0.1, 0.15) is 5.75 Å². The first-order chi connectivity index (χ1) is 12.4. The number of methoxy groups -OCH3 is 1. The van der Waals surface area contributed by atoms with E-state index in [0.717, 1.165) is 5.56 Å². The summed E-state index contributed by atoms with van der Waals surface area (Å²) in [6.45, 7) is 1.68. The summed E-state index contributed by atoms with van der Waals surface area (Å²) in [4.78, 5) is 28.5. The first kappa shape index (κ1) is 18.2. The molecule has 0 spiro atoms. The number of aromatic hydroxyl groups is 1. The number of carbonyl (C=O) groups is 2. The van der Waals surface area contributed by atoms with Crippen LogP contribution < -0.4 is 5.32 Å². The highest BCUT2D eigenvalue weighted by Crippen LogP contribution is 2.32. The number of nitrogens with zero attached hydrogens (tertiary/aromatic N) is 1. The predicted molar refractivity (Wildman–Crippen MR) is 94.1 cm³/mol. The Morgan fingerprint density at radius 2 is 2.12 bits per heavy atom. The van der Waals surface area contributed by atoms with E-state index in [4.69, 9.17) is 21.1 Å². The molecule has 1 saturated heterocycles. The zero-order valence-corrected chi connectivity index (χ0v) is 15.0. The summed E-state index contributed by atoms with van der Waals surface area (Å²) < 4.78 is 9.74. The van der Waals surface area contributed by atoms with E-state index in [0.29, 0.717) is 16.1 Å². The average molecular weight is 377 g/mol. The minimum absolute atomic E-state index is 0.00571. The Balaban J connectivity index is 1.91. The second-order valence-electron chi connectivity index (χ2n) is 6.03. The summed E-state index contributed by atoms with van der Waals surface area (Å²) in [5.74, 6) is -1.55. The minimum atomic E-state index is -1.25. The van der Waals surface area contributed by atoms with Crippen molar-refractivity contribution in [1.82, 2.24) is 10.3 Å². The van der Waals surface area contributed by atoms with Crippen LogP contribution in [0.25, 0.3) is 11.1 Å². The minimum Gasteiger partial charge on any atom is -0.505 e. The first-order valence-electron chi connectivity index (χ1n) is 7.81.